The van der Waals surface area contributed by atoms with E-state index in [4.69, 9.17) is 5.73 Å². The average molecular weight is 345 g/mol. The summed E-state index contributed by atoms with van der Waals surface area (Å²) >= 11 is 0. The standard InChI is InChI=1S/C19H27N3O3/c20-12-5-4-9-16(21-13-11-15-7-2-1-3-8-15)18(23)22-14-6-10-17(22)19(24)25/h1-3,7-8,11,13,16-17,21H,4-6,9-10,12,14,20H2,(H,24,25)/t16-,17-/m0/s1. The second kappa shape index (κ2) is 9.84. The number of carboxylic acids is 1. The number of aliphatic carboxylic acids is 1. The highest BCUT2D eigenvalue weighted by Crippen LogP contribution is 2.19. The molecule has 0 spiro atoms. The zero-order valence-corrected chi connectivity index (χ0v) is 14.4. The molecule has 2 rings (SSSR count). The van der Waals surface area contributed by atoms with Gasteiger partial charge in [0.1, 0.15) is 12.1 Å². The minimum atomic E-state index is -0.925. The lowest BCUT2D eigenvalue weighted by Gasteiger charge is -2.27. The van der Waals surface area contributed by atoms with E-state index >= 15 is 0 Å². The zero-order chi connectivity index (χ0) is 18.1. The van der Waals surface area contributed by atoms with Crippen molar-refractivity contribution < 1.29 is 14.7 Å². The molecule has 1 aliphatic heterocycles. The fourth-order valence-electron chi connectivity index (χ4n) is 3.08. The lowest BCUT2D eigenvalue weighted by Crippen LogP contribution is -2.49. The average Bonchev–Trinajstić information content (AvgIpc) is 3.11. The molecule has 0 saturated carbocycles. The van der Waals surface area contributed by atoms with Crippen molar-refractivity contribution in [2.75, 3.05) is 13.1 Å². The van der Waals surface area contributed by atoms with Gasteiger partial charge in [-0.25, -0.2) is 4.79 Å². The summed E-state index contributed by atoms with van der Waals surface area (Å²) in [5, 5.41) is 12.5. The smallest absolute Gasteiger partial charge is 0.326 e. The summed E-state index contributed by atoms with van der Waals surface area (Å²) < 4.78 is 0. The molecule has 0 aliphatic carbocycles. The van der Waals surface area contributed by atoms with E-state index in [9.17, 15) is 14.7 Å². The monoisotopic (exact) mass is 345 g/mol. The maximum Gasteiger partial charge on any atom is 0.326 e. The van der Waals surface area contributed by atoms with Crippen molar-refractivity contribution in [2.24, 2.45) is 5.73 Å². The third-order valence-electron chi connectivity index (χ3n) is 4.44. The van der Waals surface area contributed by atoms with Gasteiger partial charge in [-0.2, -0.15) is 0 Å². The Hall–Kier alpha value is -2.34. The number of nitrogens with zero attached hydrogens (tertiary/aromatic N) is 1. The SMILES string of the molecule is NCCCC[C@H](NC=Cc1ccccc1)C(=O)N1CCC[C@H]1C(=O)O. The molecule has 25 heavy (non-hydrogen) atoms. The van der Waals surface area contributed by atoms with Crippen LogP contribution in [0.15, 0.2) is 36.5 Å². The predicted octanol–water partition coefficient (Wildman–Crippen LogP) is 1.82. The van der Waals surface area contributed by atoms with E-state index in [2.05, 4.69) is 5.32 Å². The summed E-state index contributed by atoms with van der Waals surface area (Å²) in [6, 6.07) is 8.67. The molecule has 2 atom stereocenters. The van der Waals surface area contributed by atoms with Gasteiger partial charge in [0.05, 0.1) is 0 Å². The van der Waals surface area contributed by atoms with Gasteiger partial charge in [0.2, 0.25) is 5.91 Å². The van der Waals surface area contributed by atoms with Gasteiger partial charge in [-0.3, -0.25) is 4.79 Å². The number of amides is 1. The van der Waals surface area contributed by atoms with Crippen LogP contribution in [0.2, 0.25) is 0 Å². The van der Waals surface area contributed by atoms with Crippen molar-refractivity contribution in [3.63, 3.8) is 0 Å². The lowest BCUT2D eigenvalue weighted by molar-refractivity contribution is -0.149. The zero-order valence-electron chi connectivity index (χ0n) is 14.4. The number of rotatable bonds is 9. The second-order valence-electron chi connectivity index (χ2n) is 6.28. The quantitative estimate of drug-likeness (QED) is 0.593. The number of nitrogens with one attached hydrogen (secondary N) is 1. The Morgan fingerprint density at radius 3 is 2.76 bits per heavy atom. The second-order valence-corrected chi connectivity index (χ2v) is 6.28. The first kappa shape index (κ1) is 19.0. The molecular weight excluding hydrogens is 318 g/mol. The minimum Gasteiger partial charge on any atom is -0.480 e. The van der Waals surface area contributed by atoms with Crippen LogP contribution >= 0.6 is 0 Å². The Balaban J connectivity index is 2.02. The number of unbranched alkanes of at least 4 members (excludes halogenated alkanes) is 1. The lowest BCUT2D eigenvalue weighted by atomic mass is 10.1. The molecule has 1 aromatic rings. The van der Waals surface area contributed by atoms with Crippen molar-refractivity contribution >= 4 is 18.0 Å². The number of hydrogen-bond donors (Lipinski definition) is 3. The summed E-state index contributed by atoms with van der Waals surface area (Å²) in [5.41, 5.74) is 6.58. The van der Waals surface area contributed by atoms with Crippen LogP contribution in [0.25, 0.3) is 6.08 Å². The van der Waals surface area contributed by atoms with E-state index in [0.29, 0.717) is 25.9 Å². The van der Waals surface area contributed by atoms with Gasteiger partial charge in [0.15, 0.2) is 0 Å². The number of carboxylic acid groups (broad SMARTS) is 1. The van der Waals surface area contributed by atoms with Crippen molar-refractivity contribution in [1.29, 1.82) is 0 Å². The Bertz CT molecular complexity index is 589. The fourth-order valence-corrected chi connectivity index (χ4v) is 3.08. The number of hydrogen-bond acceptors (Lipinski definition) is 4. The Morgan fingerprint density at radius 2 is 2.08 bits per heavy atom. The highest BCUT2D eigenvalue weighted by Gasteiger charge is 2.36. The van der Waals surface area contributed by atoms with E-state index < -0.39 is 18.1 Å². The van der Waals surface area contributed by atoms with E-state index in [-0.39, 0.29) is 5.91 Å². The topological polar surface area (TPSA) is 95.7 Å². The highest BCUT2D eigenvalue weighted by atomic mass is 16.4. The van der Waals surface area contributed by atoms with Crippen LogP contribution < -0.4 is 11.1 Å². The molecule has 0 bridgehead atoms. The molecule has 6 heteroatoms. The van der Waals surface area contributed by atoms with Gasteiger partial charge in [-0.1, -0.05) is 30.3 Å². The number of carbonyl (C=O) groups is 2. The number of carbonyl (C=O) groups excluding carboxylic acids is 1. The van der Waals surface area contributed by atoms with Crippen molar-refractivity contribution in [3.8, 4) is 0 Å². The van der Waals surface area contributed by atoms with Crippen LogP contribution in [-0.2, 0) is 9.59 Å². The minimum absolute atomic E-state index is 0.139. The van der Waals surface area contributed by atoms with Crippen LogP contribution in [0, 0.1) is 0 Å². The third kappa shape index (κ3) is 5.60. The number of benzene rings is 1. The first-order valence-corrected chi connectivity index (χ1v) is 8.84. The molecule has 0 radical (unpaired) electrons. The van der Waals surface area contributed by atoms with Gasteiger partial charge in [0.25, 0.3) is 0 Å². The van der Waals surface area contributed by atoms with Gasteiger partial charge < -0.3 is 21.1 Å². The van der Waals surface area contributed by atoms with Crippen LogP contribution in [-0.4, -0.2) is 47.1 Å². The molecule has 0 unspecified atom stereocenters. The normalized spacial score (nSPS) is 18.4. The number of nitrogens with two attached hydrogens (primary N) is 1. The van der Waals surface area contributed by atoms with Crippen LogP contribution in [0.1, 0.15) is 37.7 Å². The predicted molar refractivity (Wildman–Crippen MR) is 97.7 cm³/mol. The summed E-state index contributed by atoms with van der Waals surface area (Å²) in [5.74, 6) is -1.06. The van der Waals surface area contributed by atoms with Crippen LogP contribution in [0.5, 0.6) is 0 Å². The number of likely N-dealkylation sites (tertiary alicyclic amines) is 1. The van der Waals surface area contributed by atoms with Crippen LogP contribution in [0.3, 0.4) is 0 Å². The summed E-state index contributed by atoms with van der Waals surface area (Å²) in [7, 11) is 0. The Morgan fingerprint density at radius 1 is 1.32 bits per heavy atom. The Kier molecular flexibility index (Phi) is 7.47. The third-order valence-corrected chi connectivity index (χ3v) is 4.44. The molecule has 1 amide bonds. The van der Waals surface area contributed by atoms with E-state index in [1.54, 1.807) is 6.20 Å². The maximum atomic E-state index is 12.8. The molecular formula is C19H27N3O3. The van der Waals surface area contributed by atoms with E-state index in [1.807, 2.05) is 36.4 Å². The molecule has 1 aliphatic rings. The first-order chi connectivity index (χ1) is 12.1. The van der Waals surface area contributed by atoms with Crippen molar-refractivity contribution in [1.82, 2.24) is 10.2 Å². The summed E-state index contributed by atoms with van der Waals surface area (Å²) in [6.45, 7) is 1.09. The van der Waals surface area contributed by atoms with Crippen molar-refractivity contribution in [3.05, 3.63) is 42.1 Å². The van der Waals surface area contributed by atoms with Gasteiger partial charge in [-0.05, 0) is 56.5 Å². The van der Waals surface area contributed by atoms with E-state index in [0.717, 1.165) is 24.8 Å². The highest BCUT2D eigenvalue weighted by molar-refractivity contribution is 5.87. The molecule has 4 N–H and O–H groups in total. The summed E-state index contributed by atoms with van der Waals surface area (Å²) in [6.07, 6.45) is 7.24. The summed E-state index contributed by atoms with van der Waals surface area (Å²) in [4.78, 5) is 25.7. The molecule has 1 fully saturated rings. The Labute approximate surface area is 148 Å². The molecule has 1 aromatic carbocycles. The largest absolute Gasteiger partial charge is 0.480 e. The van der Waals surface area contributed by atoms with E-state index in [1.165, 1.54) is 4.90 Å². The maximum absolute atomic E-state index is 12.8. The fraction of sp³-hybridized carbons (Fsp3) is 0.474. The van der Waals surface area contributed by atoms with Gasteiger partial charge in [-0.15, -0.1) is 0 Å². The van der Waals surface area contributed by atoms with Gasteiger partial charge in [0, 0.05) is 6.54 Å². The first-order valence-electron chi connectivity index (χ1n) is 8.84. The van der Waals surface area contributed by atoms with Gasteiger partial charge >= 0.3 is 5.97 Å². The molecule has 1 saturated heterocycles. The van der Waals surface area contributed by atoms with Crippen molar-refractivity contribution in [2.45, 2.75) is 44.2 Å². The molecule has 1 heterocycles. The molecule has 6 nitrogen and oxygen atoms in total. The van der Waals surface area contributed by atoms with Crippen LogP contribution in [0.4, 0.5) is 0 Å². The molecule has 0 aromatic heterocycles. The molecule has 136 valence electrons.